The van der Waals surface area contributed by atoms with Crippen LogP contribution in [-0.2, 0) is 30.5 Å². The third-order valence-electron chi connectivity index (χ3n) is 2.68. The van der Waals surface area contributed by atoms with Gasteiger partial charge in [-0.1, -0.05) is 11.6 Å². The minimum atomic E-state index is -3.68. The molecule has 2 rings (SSSR count). The number of hydrogen-bond donors (Lipinski definition) is 1. The molecule has 104 valence electrons. The van der Waals surface area contributed by atoms with Gasteiger partial charge in [0, 0.05) is 39.0 Å². The zero-order valence-electron chi connectivity index (χ0n) is 10.5. The molecule has 0 spiro atoms. The zero-order valence-corrected chi connectivity index (χ0v) is 12.1. The topological polar surface area (TPSA) is 81.8 Å². The number of imidazole rings is 1. The van der Waals surface area contributed by atoms with Crippen LogP contribution in [0.25, 0.3) is 0 Å². The maximum atomic E-state index is 12.0. The van der Waals surface area contributed by atoms with E-state index in [9.17, 15) is 8.42 Å². The van der Waals surface area contributed by atoms with Gasteiger partial charge in [-0.15, -0.1) is 0 Å². The highest BCUT2D eigenvalue weighted by Gasteiger charge is 2.21. The van der Waals surface area contributed by atoms with Crippen molar-refractivity contribution in [1.29, 1.82) is 0 Å². The molecule has 7 nitrogen and oxygen atoms in total. The highest BCUT2D eigenvalue weighted by molar-refractivity contribution is 7.89. The second kappa shape index (κ2) is 5.32. The Morgan fingerprint density at radius 3 is 2.68 bits per heavy atom. The van der Waals surface area contributed by atoms with Crippen molar-refractivity contribution >= 4 is 21.6 Å². The summed E-state index contributed by atoms with van der Waals surface area (Å²) in [7, 11) is -0.246. The summed E-state index contributed by atoms with van der Waals surface area (Å²) in [5.41, 5.74) is 0.940. The lowest BCUT2D eigenvalue weighted by atomic mass is 10.3. The van der Waals surface area contributed by atoms with E-state index in [1.165, 1.54) is 10.9 Å². The molecule has 2 aromatic rings. The Labute approximate surface area is 116 Å². The molecule has 0 aliphatic rings. The van der Waals surface area contributed by atoms with Gasteiger partial charge in [0.05, 0.1) is 6.33 Å². The van der Waals surface area contributed by atoms with Crippen molar-refractivity contribution in [3.63, 3.8) is 0 Å². The van der Waals surface area contributed by atoms with Gasteiger partial charge in [-0.2, -0.15) is 5.10 Å². The number of nitrogens with one attached hydrogen (secondary N) is 1. The normalized spacial score (nSPS) is 11.9. The van der Waals surface area contributed by atoms with Crippen LogP contribution in [0.4, 0.5) is 0 Å². The second-order valence-electron chi connectivity index (χ2n) is 4.05. The fourth-order valence-electron chi connectivity index (χ4n) is 1.60. The minimum absolute atomic E-state index is 0.0908. The molecule has 19 heavy (non-hydrogen) atoms. The number of nitrogens with zero attached hydrogens (tertiary/aromatic N) is 4. The van der Waals surface area contributed by atoms with Crippen LogP contribution in [0.3, 0.4) is 0 Å². The number of aromatic nitrogens is 4. The largest absolute Gasteiger partial charge is 0.324 e. The van der Waals surface area contributed by atoms with Crippen molar-refractivity contribution in [1.82, 2.24) is 24.1 Å². The summed E-state index contributed by atoms with van der Waals surface area (Å²) < 4.78 is 29.6. The van der Waals surface area contributed by atoms with Crippen molar-refractivity contribution in [2.45, 2.75) is 11.4 Å². The Bertz CT molecular complexity index is 676. The van der Waals surface area contributed by atoms with Crippen LogP contribution in [0.2, 0.25) is 5.15 Å². The molecule has 0 aliphatic carbocycles. The summed E-state index contributed by atoms with van der Waals surface area (Å²) in [4.78, 5) is 3.78. The smallest absolute Gasteiger partial charge is 0.261 e. The fraction of sp³-hybridized carbons (Fsp3) is 0.400. The Kier molecular flexibility index (Phi) is 3.93. The number of rotatable bonds is 5. The molecule has 0 saturated carbocycles. The van der Waals surface area contributed by atoms with Crippen LogP contribution in [0.15, 0.2) is 23.6 Å². The van der Waals surface area contributed by atoms with E-state index in [1.54, 1.807) is 25.0 Å². The molecule has 2 heterocycles. The van der Waals surface area contributed by atoms with Gasteiger partial charge >= 0.3 is 0 Å². The first-order valence-electron chi connectivity index (χ1n) is 5.55. The average Bonchev–Trinajstić information content (AvgIpc) is 2.88. The lowest BCUT2D eigenvalue weighted by molar-refractivity contribution is 0.576. The summed E-state index contributed by atoms with van der Waals surface area (Å²) in [5.74, 6) is 0. The Morgan fingerprint density at radius 2 is 2.16 bits per heavy atom. The first-order chi connectivity index (χ1) is 8.92. The van der Waals surface area contributed by atoms with E-state index >= 15 is 0 Å². The van der Waals surface area contributed by atoms with Gasteiger partial charge in [0.15, 0.2) is 0 Å². The van der Waals surface area contributed by atoms with E-state index in [-0.39, 0.29) is 16.7 Å². The summed E-state index contributed by atoms with van der Waals surface area (Å²) >= 11 is 5.86. The van der Waals surface area contributed by atoms with Crippen LogP contribution in [-0.4, -0.2) is 34.3 Å². The van der Waals surface area contributed by atoms with Crippen molar-refractivity contribution < 1.29 is 8.42 Å². The summed E-state index contributed by atoms with van der Waals surface area (Å²) in [6.45, 7) is 0.259. The maximum absolute atomic E-state index is 12.0. The van der Waals surface area contributed by atoms with Crippen molar-refractivity contribution in [3.8, 4) is 0 Å². The zero-order chi connectivity index (χ0) is 14.0. The quantitative estimate of drug-likeness (QED) is 0.863. The van der Waals surface area contributed by atoms with Gasteiger partial charge < -0.3 is 4.57 Å². The lowest BCUT2D eigenvalue weighted by Crippen LogP contribution is -2.27. The predicted molar refractivity (Wildman–Crippen MR) is 70.3 cm³/mol. The van der Waals surface area contributed by atoms with Gasteiger partial charge in [0.2, 0.25) is 5.03 Å². The van der Waals surface area contributed by atoms with E-state index < -0.39 is 10.0 Å². The fourth-order valence-corrected chi connectivity index (χ4v) is 3.06. The third kappa shape index (κ3) is 2.96. The molecule has 0 radical (unpaired) electrons. The Morgan fingerprint density at radius 1 is 1.42 bits per heavy atom. The molecule has 0 atom stereocenters. The predicted octanol–water partition coefficient (Wildman–Crippen LogP) is 0.328. The lowest BCUT2D eigenvalue weighted by Gasteiger charge is -2.05. The molecule has 0 amide bonds. The van der Waals surface area contributed by atoms with Crippen molar-refractivity contribution in [3.05, 3.63) is 29.4 Å². The number of hydrogen-bond acceptors (Lipinski definition) is 4. The van der Waals surface area contributed by atoms with Gasteiger partial charge in [0.1, 0.15) is 5.15 Å². The van der Waals surface area contributed by atoms with Crippen LogP contribution < -0.4 is 4.72 Å². The first kappa shape index (κ1) is 14.0. The molecule has 0 aromatic carbocycles. The molecular weight excluding hydrogens is 290 g/mol. The summed E-state index contributed by atoms with van der Waals surface area (Å²) in [6.07, 6.45) is 3.57. The molecule has 0 unspecified atom stereocenters. The highest BCUT2D eigenvalue weighted by atomic mass is 35.5. The summed E-state index contributed by atoms with van der Waals surface area (Å²) in [6, 6.07) is 1.84. The molecule has 9 heteroatoms. The molecule has 0 aliphatic heterocycles. The molecular formula is C10H14ClN5O2S. The molecule has 0 bridgehead atoms. The van der Waals surface area contributed by atoms with Crippen LogP contribution >= 0.6 is 11.6 Å². The third-order valence-corrected chi connectivity index (χ3v) is 4.63. The molecule has 2 aromatic heterocycles. The van der Waals surface area contributed by atoms with Crippen molar-refractivity contribution in [2.75, 3.05) is 6.54 Å². The monoisotopic (exact) mass is 303 g/mol. The maximum Gasteiger partial charge on any atom is 0.261 e. The highest BCUT2D eigenvalue weighted by Crippen LogP contribution is 2.18. The second-order valence-corrected chi connectivity index (χ2v) is 6.09. The molecule has 0 saturated heterocycles. The first-order valence-corrected chi connectivity index (χ1v) is 7.41. The van der Waals surface area contributed by atoms with E-state index in [0.717, 1.165) is 5.69 Å². The standard InChI is InChI=1S/C10H14ClN5O2S/c1-15-7-12-10(9(15)11)19(17,18)14-6-4-8-3-5-13-16(8)2/h3,5,7,14H,4,6H2,1-2H3. The Balaban J connectivity index is 2.03. The van der Waals surface area contributed by atoms with Crippen LogP contribution in [0.5, 0.6) is 0 Å². The summed E-state index contributed by atoms with van der Waals surface area (Å²) in [5, 5.41) is 3.95. The van der Waals surface area contributed by atoms with Gasteiger partial charge in [-0.05, 0) is 6.07 Å². The Hall–Kier alpha value is -1.38. The van der Waals surface area contributed by atoms with E-state index in [4.69, 9.17) is 11.6 Å². The number of sulfonamides is 1. The molecule has 1 N–H and O–H groups in total. The number of aryl methyl sites for hydroxylation is 2. The van der Waals surface area contributed by atoms with Crippen molar-refractivity contribution in [2.24, 2.45) is 14.1 Å². The number of halogens is 1. The van der Waals surface area contributed by atoms with Gasteiger partial charge in [-0.25, -0.2) is 18.1 Å². The average molecular weight is 304 g/mol. The molecule has 0 fully saturated rings. The van der Waals surface area contributed by atoms with Crippen LogP contribution in [0, 0.1) is 0 Å². The minimum Gasteiger partial charge on any atom is -0.324 e. The van der Waals surface area contributed by atoms with E-state index in [0.29, 0.717) is 6.42 Å². The van der Waals surface area contributed by atoms with Crippen LogP contribution in [0.1, 0.15) is 5.69 Å². The van der Waals surface area contributed by atoms with Gasteiger partial charge in [0.25, 0.3) is 10.0 Å². The van der Waals surface area contributed by atoms with Gasteiger partial charge in [-0.3, -0.25) is 4.68 Å². The van der Waals surface area contributed by atoms with E-state index in [1.807, 2.05) is 6.07 Å². The van der Waals surface area contributed by atoms with E-state index in [2.05, 4.69) is 14.8 Å². The SMILES string of the molecule is Cn1cnc(S(=O)(=O)NCCc2ccnn2C)c1Cl.